The van der Waals surface area contributed by atoms with Crippen LogP contribution in [0.3, 0.4) is 0 Å². The Hall–Kier alpha value is -3.89. The van der Waals surface area contributed by atoms with Crippen molar-refractivity contribution >= 4 is 23.4 Å². The van der Waals surface area contributed by atoms with Gasteiger partial charge in [-0.1, -0.05) is 29.7 Å². The fourth-order valence-corrected chi connectivity index (χ4v) is 3.96. The highest BCUT2D eigenvalue weighted by Crippen LogP contribution is 2.24. The molecule has 184 valence electrons. The van der Waals surface area contributed by atoms with Crippen LogP contribution < -0.4 is 10.1 Å². The minimum absolute atomic E-state index is 0.0641. The molecule has 8 heteroatoms. The molecule has 1 fully saturated rings. The molecular formula is C28H27ClN4O3. The Morgan fingerprint density at radius 3 is 2.56 bits per heavy atom. The van der Waals surface area contributed by atoms with E-state index >= 15 is 0 Å². The van der Waals surface area contributed by atoms with Gasteiger partial charge in [0.2, 0.25) is 5.91 Å². The van der Waals surface area contributed by atoms with Gasteiger partial charge in [-0.15, -0.1) is 0 Å². The molecule has 0 radical (unpaired) electrons. The van der Waals surface area contributed by atoms with Gasteiger partial charge in [0, 0.05) is 62.9 Å². The van der Waals surface area contributed by atoms with Crippen molar-refractivity contribution in [2.24, 2.45) is 0 Å². The number of nitrogens with zero attached hydrogens (tertiary/aromatic N) is 3. The van der Waals surface area contributed by atoms with E-state index in [1.165, 1.54) is 0 Å². The van der Waals surface area contributed by atoms with Crippen molar-refractivity contribution < 1.29 is 14.3 Å². The van der Waals surface area contributed by atoms with Crippen molar-refractivity contribution in [3.63, 3.8) is 0 Å². The largest absolute Gasteiger partial charge is 0.489 e. The lowest BCUT2D eigenvalue weighted by molar-refractivity contribution is -0.130. The highest BCUT2D eigenvalue weighted by Gasteiger charge is 2.23. The maximum Gasteiger partial charge on any atom is 0.270 e. The van der Waals surface area contributed by atoms with Gasteiger partial charge in [-0.2, -0.15) is 0 Å². The average Bonchev–Trinajstić information content (AvgIpc) is 2.88. The number of benzene rings is 1. The molecule has 0 saturated carbocycles. The summed E-state index contributed by atoms with van der Waals surface area (Å²) in [7, 11) is 0. The van der Waals surface area contributed by atoms with Crippen molar-refractivity contribution in [1.82, 2.24) is 20.2 Å². The number of likely N-dealkylation sites (tertiary alicyclic amines) is 1. The van der Waals surface area contributed by atoms with E-state index in [1.54, 1.807) is 37.5 Å². The first-order valence-corrected chi connectivity index (χ1v) is 12.1. The molecule has 3 aromatic rings. The molecule has 1 N–H and O–H groups in total. The molecule has 0 bridgehead atoms. The van der Waals surface area contributed by atoms with Crippen LogP contribution in [0.25, 0.3) is 0 Å². The fourth-order valence-electron chi connectivity index (χ4n) is 3.83. The lowest BCUT2D eigenvalue weighted by Crippen LogP contribution is -2.40. The van der Waals surface area contributed by atoms with Gasteiger partial charge in [-0.25, -0.2) is 9.97 Å². The number of rotatable bonds is 5. The number of aromatic nitrogens is 2. The number of hydrogen-bond acceptors (Lipinski definition) is 5. The molecule has 7 nitrogen and oxygen atoms in total. The Morgan fingerprint density at radius 2 is 1.86 bits per heavy atom. The quantitative estimate of drug-likeness (QED) is 0.530. The van der Waals surface area contributed by atoms with Crippen LogP contribution >= 0.6 is 11.6 Å². The summed E-state index contributed by atoms with van der Waals surface area (Å²) < 4.78 is 6.30. The second kappa shape index (κ2) is 11.7. The Balaban J connectivity index is 1.54. The predicted molar refractivity (Wildman–Crippen MR) is 138 cm³/mol. The number of piperidine rings is 1. The Morgan fingerprint density at radius 1 is 1.11 bits per heavy atom. The number of ether oxygens (including phenoxy) is 1. The van der Waals surface area contributed by atoms with Gasteiger partial charge in [0.15, 0.2) is 0 Å². The first-order valence-electron chi connectivity index (χ1n) is 11.8. The SMILES string of the molecule is CC(=O)N1CCC(Oc2cc(C(=O)NCc3ccc(Cl)cc3)ncc2C#Cc2cc(C)ccn2)CC1. The van der Waals surface area contributed by atoms with Gasteiger partial charge in [-0.05, 0) is 48.2 Å². The second-order valence-electron chi connectivity index (χ2n) is 8.67. The van der Waals surface area contributed by atoms with E-state index in [9.17, 15) is 9.59 Å². The third-order valence-corrected chi connectivity index (χ3v) is 6.14. The second-order valence-corrected chi connectivity index (χ2v) is 9.10. The summed E-state index contributed by atoms with van der Waals surface area (Å²) >= 11 is 5.93. The molecule has 3 heterocycles. The highest BCUT2D eigenvalue weighted by atomic mass is 35.5. The van der Waals surface area contributed by atoms with Gasteiger partial charge in [0.05, 0.1) is 5.56 Å². The molecule has 2 amide bonds. The van der Waals surface area contributed by atoms with Crippen LogP contribution in [0.4, 0.5) is 0 Å². The molecule has 1 aliphatic rings. The monoisotopic (exact) mass is 502 g/mol. The Kier molecular flexibility index (Phi) is 8.19. The smallest absolute Gasteiger partial charge is 0.270 e. The third kappa shape index (κ3) is 6.83. The van der Waals surface area contributed by atoms with Crippen LogP contribution in [0.1, 0.15) is 52.6 Å². The molecule has 36 heavy (non-hydrogen) atoms. The summed E-state index contributed by atoms with van der Waals surface area (Å²) in [5, 5.41) is 3.52. The van der Waals surface area contributed by atoms with E-state index in [2.05, 4.69) is 27.1 Å². The van der Waals surface area contributed by atoms with Crippen molar-refractivity contribution in [1.29, 1.82) is 0 Å². The van der Waals surface area contributed by atoms with Crippen molar-refractivity contribution in [3.05, 3.63) is 88.0 Å². The van der Waals surface area contributed by atoms with Gasteiger partial charge in [-0.3, -0.25) is 9.59 Å². The summed E-state index contributed by atoms with van der Waals surface area (Å²) in [6.07, 6.45) is 4.58. The van der Waals surface area contributed by atoms with E-state index in [0.717, 1.165) is 11.1 Å². The molecule has 1 saturated heterocycles. The Bertz CT molecular complexity index is 1310. The molecule has 2 aromatic heterocycles. The first-order chi connectivity index (χ1) is 17.4. The van der Waals surface area contributed by atoms with E-state index < -0.39 is 0 Å². The molecule has 0 spiro atoms. The standard InChI is InChI=1S/C28H27ClN4O3/c1-19-9-12-30-24(15-19)8-5-22-18-31-26(28(35)32-17-21-3-6-23(29)7-4-21)16-27(22)36-25-10-13-33(14-11-25)20(2)34/h3-4,6-7,9,12,15-16,18,25H,10-11,13-14,17H2,1-2H3,(H,32,35). The van der Waals surface area contributed by atoms with Crippen LogP contribution in [-0.4, -0.2) is 45.9 Å². The van der Waals surface area contributed by atoms with Gasteiger partial charge in [0.25, 0.3) is 5.91 Å². The van der Waals surface area contributed by atoms with E-state index in [1.807, 2.05) is 36.1 Å². The van der Waals surface area contributed by atoms with Crippen molar-refractivity contribution in [3.8, 4) is 17.6 Å². The molecule has 0 atom stereocenters. The zero-order valence-corrected chi connectivity index (χ0v) is 21.0. The number of hydrogen-bond donors (Lipinski definition) is 1. The minimum atomic E-state index is -0.318. The number of carbonyl (C=O) groups excluding carboxylic acids is 2. The molecule has 4 rings (SSSR count). The zero-order valence-electron chi connectivity index (χ0n) is 20.3. The number of nitrogens with one attached hydrogen (secondary N) is 1. The van der Waals surface area contributed by atoms with Crippen LogP contribution in [-0.2, 0) is 11.3 Å². The molecule has 0 unspecified atom stereocenters. The zero-order chi connectivity index (χ0) is 25.5. The van der Waals surface area contributed by atoms with E-state index in [0.29, 0.717) is 54.5 Å². The lowest BCUT2D eigenvalue weighted by atomic mass is 10.1. The highest BCUT2D eigenvalue weighted by molar-refractivity contribution is 6.30. The average molecular weight is 503 g/mol. The number of halogens is 1. The summed E-state index contributed by atoms with van der Waals surface area (Å²) in [6.45, 7) is 5.17. The summed E-state index contributed by atoms with van der Waals surface area (Å²) in [5.74, 6) is 6.38. The first kappa shape index (κ1) is 25.2. The molecular weight excluding hydrogens is 476 g/mol. The topological polar surface area (TPSA) is 84.4 Å². The third-order valence-electron chi connectivity index (χ3n) is 5.89. The van der Waals surface area contributed by atoms with Gasteiger partial charge in [0.1, 0.15) is 23.2 Å². The molecule has 1 aliphatic heterocycles. The van der Waals surface area contributed by atoms with Gasteiger partial charge >= 0.3 is 0 Å². The maximum atomic E-state index is 12.8. The summed E-state index contributed by atoms with van der Waals surface area (Å²) in [5.41, 5.74) is 3.44. The summed E-state index contributed by atoms with van der Waals surface area (Å²) in [4.78, 5) is 34.9. The Labute approximate surface area is 215 Å². The fraction of sp³-hybridized carbons (Fsp3) is 0.286. The predicted octanol–water partition coefficient (Wildman–Crippen LogP) is 4.16. The van der Waals surface area contributed by atoms with Crippen molar-refractivity contribution in [2.75, 3.05) is 13.1 Å². The van der Waals surface area contributed by atoms with Crippen molar-refractivity contribution in [2.45, 2.75) is 39.3 Å². The molecule has 1 aromatic carbocycles. The maximum absolute atomic E-state index is 12.8. The lowest BCUT2D eigenvalue weighted by Gasteiger charge is -2.31. The number of aryl methyl sites for hydroxylation is 1. The van der Waals surface area contributed by atoms with Crippen LogP contribution in [0.5, 0.6) is 5.75 Å². The van der Waals surface area contributed by atoms with E-state index in [4.69, 9.17) is 16.3 Å². The van der Waals surface area contributed by atoms with Gasteiger partial charge < -0.3 is 15.0 Å². The number of amides is 2. The normalized spacial score (nSPS) is 13.5. The summed E-state index contributed by atoms with van der Waals surface area (Å²) in [6, 6.07) is 12.7. The van der Waals surface area contributed by atoms with E-state index in [-0.39, 0.29) is 23.6 Å². The van der Waals surface area contributed by atoms with Crippen LogP contribution in [0, 0.1) is 18.8 Å². The number of pyridine rings is 2. The van der Waals surface area contributed by atoms with Crippen LogP contribution in [0.2, 0.25) is 5.02 Å². The van der Waals surface area contributed by atoms with Crippen LogP contribution in [0.15, 0.2) is 54.9 Å². The number of carbonyl (C=O) groups is 2. The minimum Gasteiger partial charge on any atom is -0.489 e. The molecule has 0 aliphatic carbocycles.